The van der Waals surface area contributed by atoms with Gasteiger partial charge in [-0.05, 0) is 43.7 Å². The van der Waals surface area contributed by atoms with Crippen molar-refractivity contribution in [3.05, 3.63) is 35.6 Å². The summed E-state index contributed by atoms with van der Waals surface area (Å²) >= 11 is 0. The molecular formula is C21H33FN4O2. The standard InChI is InChI=1S/C21H33FN4O2/c1-3-28-15-12-21(10-6-7-11-21)16-26-20(23-2)25-14-13-24-19(27)17-8-4-5-9-18(17)22/h4-5,8-9H,3,6-7,10-16H2,1-2H3,(H,24,27)(H2,23,25,26). The van der Waals surface area contributed by atoms with Crippen LogP contribution in [-0.4, -0.2) is 51.8 Å². The highest BCUT2D eigenvalue weighted by Crippen LogP contribution is 2.40. The maximum Gasteiger partial charge on any atom is 0.254 e. The number of amides is 1. The Bertz CT molecular complexity index is 645. The molecule has 6 nitrogen and oxygen atoms in total. The van der Waals surface area contributed by atoms with Gasteiger partial charge in [-0.25, -0.2) is 4.39 Å². The first kappa shape index (κ1) is 22.1. The number of ether oxygens (including phenoxy) is 1. The molecule has 3 N–H and O–H groups in total. The third-order valence-corrected chi connectivity index (χ3v) is 5.32. The largest absolute Gasteiger partial charge is 0.382 e. The fraction of sp³-hybridized carbons (Fsp3) is 0.619. The average Bonchev–Trinajstić information content (AvgIpc) is 3.17. The summed E-state index contributed by atoms with van der Waals surface area (Å²) in [6, 6.07) is 5.96. The summed E-state index contributed by atoms with van der Waals surface area (Å²) in [5.41, 5.74) is 0.328. The molecular weight excluding hydrogens is 359 g/mol. The zero-order chi connectivity index (χ0) is 20.2. The van der Waals surface area contributed by atoms with E-state index in [0.717, 1.165) is 26.2 Å². The monoisotopic (exact) mass is 392 g/mol. The molecule has 1 fully saturated rings. The second-order valence-corrected chi connectivity index (χ2v) is 7.24. The lowest BCUT2D eigenvalue weighted by Crippen LogP contribution is -2.45. The van der Waals surface area contributed by atoms with Crippen LogP contribution in [-0.2, 0) is 4.74 Å². The highest BCUT2D eigenvalue weighted by Gasteiger charge is 2.33. The molecule has 0 radical (unpaired) electrons. The number of benzene rings is 1. The lowest BCUT2D eigenvalue weighted by molar-refractivity contribution is 0.0950. The lowest BCUT2D eigenvalue weighted by atomic mass is 9.83. The van der Waals surface area contributed by atoms with Crippen molar-refractivity contribution in [1.29, 1.82) is 0 Å². The predicted molar refractivity (Wildman–Crippen MR) is 110 cm³/mol. The average molecular weight is 393 g/mol. The van der Waals surface area contributed by atoms with Crippen molar-refractivity contribution in [2.75, 3.05) is 39.9 Å². The van der Waals surface area contributed by atoms with Crippen LogP contribution in [0.5, 0.6) is 0 Å². The van der Waals surface area contributed by atoms with E-state index < -0.39 is 11.7 Å². The summed E-state index contributed by atoms with van der Waals surface area (Å²) < 4.78 is 19.2. The van der Waals surface area contributed by atoms with Crippen LogP contribution < -0.4 is 16.0 Å². The number of nitrogens with one attached hydrogen (secondary N) is 3. The summed E-state index contributed by atoms with van der Waals surface area (Å²) in [4.78, 5) is 16.3. The van der Waals surface area contributed by atoms with Crippen molar-refractivity contribution >= 4 is 11.9 Å². The van der Waals surface area contributed by atoms with Gasteiger partial charge in [0.1, 0.15) is 5.82 Å². The van der Waals surface area contributed by atoms with Crippen LogP contribution in [0.4, 0.5) is 4.39 Å². The first-order valence-corrected chi connectivity index (χ1v) is 10.2. The number of hydrogen-bond donors (Lipinski definition) is 3. The molecule has 0 saturated heterocycles. The van der Waals surface area contributed by atoms with Crippen LogP contribution in [0, 0.1) is 11.2 Å². The Morgan fingerprint density at radius 1 is 1.18 bits per heavy atom. The summed E-state index contributed by atoms with van der Waals surface area (Å²) in [6.07, 6.45) is 6.01. The zero-order valence-corrected chi connectivity index (χ0v) is 17.0. The van der Waals surface area contributed by atoms with E-state index >= 15 is 0 Å². The van der Waals surface area contributed by atoms with Gasteiger partial charge < -0.3 is 20.7 Å². The molecule has 1 aliphatic carbocycles. The van der Waals surface area contributed by atoms with E-state index in [-0.39, 0.29) is 11.0 Å². The first-order chi connectivity index (χ1) is 13.6. The molecule has 7 heteroatoms. The molecule has 28 heavy (non-hydrogen) atoms. The summed E-state index contributed by atoms with van der Waals surface area (Å²) in [7, 11) is 1.73. The van der Waals surface area contributed by atoms with Crippen LogP contribution >= 0.6 is 0 Å². The molecule has 1 aromatic carbocycles. The second kappa shape index (κ2) is 11.6. The van der Waals surface area contributed by atoms with Gasteiger partial charge in [0.15, 0.2) is 5.96 Å². The molecule has 1 amide bonds. The molecule has 0 aliphatic heterocycles. The minimum Gasteiger partial charge on any atom is -0.382 e. The number of nitrogens with zero attached hydrogens (tertiary/aromatic N) is 1. The number of carbonyl (C=O) groups excluding carboxylic acids is 1. The van der Waals surface area contributed by atoms with Gasteiger partial charge in [-0.1, -0.05) is 25.0 Å². The predicted octanol–water partition coefficient (Wildman–Crippen LogP) is 2.71. The number of guanidine groups is 1. The number of carbonyl (C=O) groups is 1. The van der Waals surface area contributed by atoms with Crippen molar-refractivity contribution < 1.29 is 13.9 Å². The molecule has 0 heterocycles. The van der Waals surface area contributed by atoms with Gasteiger partial charge in [0.25, 0.3) is 5.91 Å². The Hall–Kier alpha value is -2.15. The van der Waals surface area contributed by atoms with E-state index in [4.69, 9.17) is 4.74 Å². The van der Waals surface area contributed by atoms with E-state index in [1.165, 1.54) is 37.8 Å². The fourth-order valence-corrected chi connectivity index (χ4v) is 3.66. The number of hydrogen-bond acceptors (Lipinski definition) is 3. The molecule has 0 aromatic heterocycles. The third kappa shape index (κ3) is 6.78. The summed E-state index contributed by atoms with van der Waals surface area (Å²) in [5, 5.41) is 9.33. The Morgan fingerprint density at radius 3 is 2.57 bits per heavy atom. The summed E-state index contributed by atoms with van der Waals surface area (Å²) in [5.74, 6) is -0.217. The van der Waals surface area contributed by atoms with Crippen molar-refractivity contribution in [2.45, 2.75) is 39.0 Å². The molecule has 2 rings (SSSR count). The van der Waals surface area contributed by atoms with Crippen molar-refractivity contribution in [3.8, 4) is 0 Å². The molecule has 1 aliphatic rings. The minimum absolute atomic E-state index is 0.0579. The van der Waals surface area contributed by atoms with Crippen molar-refractivity contribution in [3.63, 3.8) is 0 Å². The van der Waals surface area contributed by atoms with Gasteiger partial charge >= 0.3 is 0 Å². The molecule has 0 unspecified atom stereocenters. The van der Waals surface area contributed by atoms with E-state index in [1.54, 1.807) is 19.2 Å². The molecule has 0 atom stereocenters. The van der Waals surface area contributed by atoms with Gasteiger partial charge in [0.05, 0.1) is 5.56 Å². The molecule has 156 valence electrons. The smallest absolute Gasteiger partial charge is 0.254 e. The number of rotatable bonds is 10. The maximum atomic E-state index is 13.6. The Labute approximate surface area is 167 Å². The zero-order valence-electron chi connectivity index (χ0n) is 17.0. The number of halogens is 1. The SMILES string of the molecule is CCOCCC1(CNC(=NC)NCCNC(=O)c2ccccc2F)CCCC1. The van der Waals surface area contributed by atoms with Gasteiger partial charge in [-0.2, -0.15) is 0 Å². The van der Waals surface area contributed by atoms with E-state index in [1.807, 2.05) is 6.92 Å². The maximum absolute atomic E-state index is 13.6. The van der Waals surface area contributed by atoms with E-state index in [9.17, 15) is 9.18 Å². The topological polar surface area (TPSA) is 74.8 Å². The Kier molecular flexibility index (Phi) is 9.20. The van der Waals surface area contributed by atoms with E-state index in [0.29, 0.717) is 19.0 Å². The highest BCUT2D eigenvalue weighted by atomic mass is 19.1. The summed E-state index contributed by atoms with van der Waals surface area (Å²) in [6.45, 7) is 5.32. The normalized spacial score (nSPS) is 16.0. The van der Waals surface area contributed by atoms with Crippen LogP contribution in [0.2, 0.25) is 0 Å². The number of aliphatic imine (C=N–C) groups is 1. The van der Waals surface area contributed by atoms with E-state index in [2.05, 4.69) is 20.9 Å². The fourth-order valence-electron chi connectivity index (χ4n) is 3.66. The Morgan fingerprint density at radius 2 is 1.89 bits per heavy atom. The van der Waals surface area contributed by atoms with Crippen molar-refractivity contribution in [1.82, 2.24) is 16.0 Å². The van der Waals surface area contributed by atoms with Gasteiger partial charge in [0.2, 0.25) is 0 Å². The van der Waals surface area contributed by atoms with Crippen LogP contribution in [0.3, 0.4) is 0 Å². The minimum atomic E-state index is -0.514. The van der Waals surface area contributed by atoms with Crippen molar-refractivity contribution in [2.24, 2.45) is 10.4 Å². The Balaban J connectivity index is 1.72. The molecule has 1 saturated carbocycles. The molecule has 0 bridgehead atoms. The second-order valence-electron chi connectivity index (χ2n) is 7.24. The van der Waals surface area contributed by atoms with Crippen LogP contribution in [0.15, 0.2) is 29.3 Å². The quantitative estimate of drug-likeness (QED) is 0.325. The van der Waals surface area contributed by atoms with Crippen LogP contribution in [0.1, 0.15) is 49.4 Å². The highest BCUT2D eigenvalue weighted by molar-refractivity contribution is 5.94. The van der Waals surface area contributed by atoms with Crippen LogP contribution in [0.25, 0.3) is 0 Å². The third-order valence-electron chi connectivity index (χ3n) is 5.32. The van der Waals surface area contributed by atoms with Gasteiger partial charge in [-0.3, -0.25) is 9.79 Å². The first-order valence-electron chi connectivity index (χ1n) is 10.2. The lowest BCUT2D eigenvalue weighted by Gasteiger charge is -2.30. The van der Waals surface area contributed by atoms with Gasteiger partial charge in [-0.15, -0.1) is 0 Å². The molecule has 0 spiro atoms. The van der Waals surface area contributed by atoms with Gasteiger partial charge in [0, 0.05) is 39.9 Å². The molecule has 1 aromatic rings.